The van der Waals surface area contributed by atoms with Gasteiger partial charge in [0.1, 0.15) is 0 Å². The van der Waals surface area contributed by atoms with E-state index in [2.05, 4.69) is 15.2 Å². The Kier molecular flexibility index (Phi) is 6.29. The first kappa shape index (κ1) is 17.2. The molecular formula is C16H20N4O2S. The van der Waals surface area contributed by atoms with Crippen LogP contribution in [0.3, 0.4) is 0 Å². The van der Waals surface area contributed by atoms with Crippen molar-refractivity contribution in [2.24, 2.45) is 4.99 Å². The second-order valence-corrected chi connectivity index (χ2v) is 5.90. The summed E-state index contributed by atoms with van der Waals surface area (Å²) >= 11 is 1.35. The molecule has 122 valence electrons. The van der Waals surface area contributed by atoms with Gasteiger partial charge in [-0.05, 0) is 43.7 Å². The van der Waals surface area contributed by atoms with E-state index in [1.165, 1.54) is 25.3 Å². The van der Waals surface area contributed by atoms with Gasteiger partial charge in [0.2, 0.25) is 0 Å². The number of hydrogen-bond donors (Lipinski definition) is 1. The summed E-state index contributed by atoms with van der Waals surface area (Å²) in [5, 5.41) is 11.9. The Labute approximate surface area is 140 Å². The predicted octanol–water partition coefficient (Wildman–Crippen LogP) is 2.88. The van der Waals surface area contributed by atoms with Gasteiger partial charge >= 0.3 is 5.97 Å². The molecule has 0 atom stereocenters. The molecule has 0 aromatic heterocycles. The van der Waals surface area contributed by atoms with Crippen LogP contribution in [-0.4, -0.2) is 37.6 Å². The number of thioether (sulfide) groups is 1. The van der Waals surface area contributed by atoms with Gasteiger partial charge in [-0.3, -0.25) is 5.32 Å². The number of amidine groups is 1. The SMILES string of the molecule is COC(=O)c1ccc(N2CCCCC2)c(N=C(NC#N)SC)c1. The number of esters is 1. The molecule has 1 N–H and O–H groups in total. The average molecular weight is 332 g/mol. The number of hydrogen-bond acceptors (Lipinski definition) is 6. The highest BCUT2D eigenvalue weighted by Gasteiger charge is 2.17. The first-order chi connectivity index (χ1) is 11.2. The van der Waals surface area contributed by atoms with Crippen molar-refractivity contribution in [3.8, 4) is 6.19 Å². The Bertz CT molecular complexity index is 633. The molecule has 0 spiro atoms. The van der Waals surface area contributed by atoms with E-state index in [9.17, 15) is 4.79 Å². The maximum atomic E-state index is 11.8. The van der Waals surface area contributed by atoms with Crippen molar-refractivity contribution in [3.63, 3.8) is 0 Å². The molecular weight excluding hydrogens is 312 g/mol. The van der Waals surface area contributed by atoms with Crippen LogP contribution in [0.2, 0.25) is 0 Å². The van der Waals surface area contributed by atoms with E-state index in [-0.39, 0.29) is 0 Å². The van der Waals surface area contributed by atoms with E-state index in [0.717, 1.165) is 31.6 Å². The van der Waals surface area contributed by atoms with Crippen molar-refractivity contribution < 1.29 is 9.53 Å². The van der Waals surface area contributed by atoms with Crippen LogP contribution in [-0.2, 0) is 4.74 Å². The number of benzene rings is 1. The summed E-state index contributed by atoms with van der Waals surface area (Å²) in [7, 11) is 1.36. The van der Waals surface area contributed by atoms with Crippen molar-refractivity contribution in [1.82, 2.24) is 5.32 Å². The number of ether oxygens (including phenoxy) is 1. The van der Waals surface area contributed by atoms with Gasteiger partial charge in [0, 0.05) is 13.1 Å². The standard InChI is InChI=1S/C16H20N4O2S/c1-22-15(21)12-6-7-14(20-8-4-3-5-9-20)13(10-12)19-16(23-2)18-11-17/h6-7,10H,3-5,8-9H2,1-2H3,(H,18,19). The van der Waals surface area contributed by atoms with Gasteiger partial charge in [-0.25, -0.2) is 9.79 Å². The van der Waals surface area contributed by atoms with Gasteiger partial charge < -0.3 is 9.64 Å². The first-order valence-corrected chi connectivity index (χ1v) is 8.67. The number of nitrogens with zero attached hydrogens (tertiary/aromatic N) is 3. The molecule has 1 aromatic carbocycles. The Morgan fingerprint density at radius 1 is 1.39 bits per heavy atom. The second-order valence-electron chi connectivity index (χ2n) is 5.10. The molecule has 2 rings (SSSR count). The third-order valence-electron chi connectivity index (χ3n) is 3.67. The lowest BCUT2D eigenvalue weighted by Crippen LogP contribution is -2.29. The van der Waals surface area contributed by atoms with Crippen LogP contribution >= 0.6 is 11.8 Å². The van der Waals surface area contributed by atoms with E-state index < -0.39 is 5.97 Å². The molecule has 0 aliphatic carbocycles. The maximum Gasteiger partial charge on any atom is 0.337 e. The molecule has 1 saturated heterocycles. The van der Waals surface area contributed by atoms with Crippen LogP contribution in [0.1, 0.15) is 29.6 Å². The highest BCUT2D eigenvalue weighted by atomic mass is 32.2. The molecule has 1 aliphatic heterocycles. The van der Waals surface area contributed by atoms with Crippen LogP contribution < -0.4 is 10.2 Å². The van der Waals surface area contributed by atoms with Gasteiger partial charge in [0.25, 0.3) is 0 Å². The largest absolute Gasteiger partial charge is 0.465 e. The molecule has 0 saturated carbocycles. The van der Waals surface area contributed by atoms with E-state index in [4.69, 9.17) is 10.00 Å². The molecule has 0 unspecified atom stereocenters. The summed E-state index contributed by atoms with van der Waals surface area (Å²) in [6.45, 7) is 1.95. The topological polar surface area (TPSA) is 77.7 Å². The van der Waals surface area contributed by atoms with Gasteiger partial charge in [0.15, 0.2) is 11.4 Å². The number of rotatable bonds is 3. The minimum Gasteiger partial charge on any atom is -0.465 e. The monoisotopic (exact) mass is 332 g/mol. The molecule has 1 fully saturated rings. The normalized spacial score (nSPS) is 15.0. The lowest BCUT2D eigenvalue weighted by atomic mass is 10.1. The molecule has 1 aliphatic rings. The predicted molar refractivity (Wildman–Crippen MR) is 93.2 cm³/mol. The van der Waals surface area contributed by atoms with Crippen LogP contribution in [0, 0.1) is 11.5 Å². The third kappa shape index (κ3) is 4.39. The fourth-order valence-electron chi connectivity index (χ4n) is 2.54. The summed E-state index contributed by atoms with van der Waals surface area (Å²) < 4.78 is 4.78. The van der Waals surface area contributed by atoms with Gasteiger partial charge in [-0.2, -0.15) is 5.26 Å². The summed E-state index contributed by atoms with van der Waals surface area (Å²) in [6.07, 6.45) is 7.25. The Hall–Kier alpha value is -2.20. The average Bonchev–Trinajstić information content (AvgIpc) is 2.61. The fraction of sp³-hybridized carbons (Fsp3) is 0.438. The summed E-state index contributed by atoms with van der Waals surface area (Å²) in [4.78, 5) is 18.6. The van der Waals surface area contributed by atoms with E-state index in [1.807, 2.05) is 18.5 Å². The van der Waals surface area contributed by atoms with Crippen molar-refractivity contribution in [2.45, 2.75) is 19.3 Å². The van der Waals surface area contributed by atoms with Crippen LogP contribution in [0.15, 0.2) is 23.2 Å². The Balaban J connectivity index is 2.44. The van der Waals surface area contributed by atoms with Crippen molar-refractivity contribution >= 4 is 34.3 Å². The molecule has 0 radical (unpaired) electrons. The third-order valence-corrected chi connectivity index (χ3v) is 4.25. The number of carbonyl (C=O) groups excluding carboxylic acids is 1. The lowest BCUT2D eigenvalue weighted by Gasteiger charge is -2.30. The summed E-state index contributed by atoms with van der Waals surface area (Å²) in [5.41, 5.74) is 2.09. The number of carbonyl (C=O) groups is 1. The highest BCUT2D eigenvalue weighted by molar-refractivity contribution is 8.13. The summed E-state index contributed by atoms with van der Waals surface area (Å²) in [5.74, 6) is -0.398. The quantitative estimate of drug-likeness (QED) is 0.301. The van der Waals surface area contributed by atoms with Crippen molar-refractivity contribution in [2.75, 3.05) is 31.4 Å². The van der Waals surface area contributed by atoms with Crippen LogP contribution in [0.4, 0.5) is 11.4 Å². The molecule has 6 nitrogen and oxygen atoms in total. The number of methoxy groups -OCH3 is 1. The Morgan fingerprint density at radius 3 is 2.74 bits per heavy atom. The number of piperidine rings is 1. The van der Waals surface area contributed by atoms with Gasteiger partial charge in [-0.15, -0.1) is 0 Å². The zero-order valence-corrected chi connectivity index (χ0v) is 14.2. The van der Waals surface area contributed by atoms with Gasteiger partial charge in [-0.1, -0.05) is 11.8 Å². The van der Waals surface area contributed by atoms with E-state index >= 15 is 0 Å². The summed E-state index contributed by atoms with van der Waals surface area (Å²) in [6, 6.07) is 5.37. The second kappa shape index (κ2) is 8.44. The molecule has 23 heavy (non-hydrogen) atoms. The number of aliphatic imine (C=N–C) groups is 1. The number of nitriles is 1. The molecule has 1 heterocycles. The van der Waals surface area contributed by atoms with Crippen molar-refractivity contribution in [1.29, 1.82) is 5.26 Å². The zero-order valence-electron chi connectivity index (χ0n) is 13.3. The maximum absolute atomic E-state index is 11.8. The lowest BCUT2D eigenvalue weighted by molar-refractivity contribution is 0.0601. The van der Waals surface area contributed by atoms with E-state index in [1.54, 1.807) is 12.1 Å². The smallest absolute Gasteiger partial charge is 0.337 e. The van der Waals surface area contributed by atoms with Crippen molar-refractivity contribution in [3.05, 3.63) is 23.8 Å². The number of anilines is 1. The minimum atomic E-state index is -0.398. The molecule has 0 amide bonds. The fourth-order valence-corrected chi connectivity index (χ4v) is 2.88. The number of nitrogens with one attached hydrogen (secondary N) is 1. The molecule has 1 aromatic rings. The highest BCUT2D eigenvalue weighted by Crippen LogP contribution is 2.32. The molecule has 7 heteroatoms. The van der Waals surface area contributed by atoms with Gasteiger partial charge in [0.05, 0.1) is 24.0 Å². The van der Waals surface area contributed by atoms with Crippen LogP contribution in [0.5, 0.6) is 0 Å². The Morgan fingerprint density at radius 2 is 2.13 bits per heavy atom. The zero-order chi connectivity index (χ0) is 16.7. The van der Waals surface area contributed by atoms with Crippen LogP contribution in [0.25, 0.3) is 0 Å². The first-order valence-electron chi connectivity index (χ1n) is 7.44. The van der Waals surface area contributed by atoms with E-state index in [0.29, 0.717) is 16.4 Å². The molecule has 0 bridgehead atoms. The minimum absolute atomic E-state index is 0.398.